The van der Waals surface area contributed by atoms with Crippen LogP contribution in [0, 0.1) is 5.82 Å². The number of benzene rings is 2. The number of ether oxygens (including phenoxy) is 1. The summed E-state index contributed by atoms with van der Waals surface area (Å²) in [6.45, 7) is -0.285. The summed E-state index contributed by atoms with van der Waals surface area (Å²) in [6.07, 6.45) is 0. The van der Waals surface area contributed by atoms with Gasteiger partial charge in [0, 0.05) is 0 Å². The predicted octanol–water partition coefficient (Wildman–Crippen LogP) is 2.30. The Labute approximate surface area is 122 Å². The molecule has 0 spiro atoms. The van der Waals surface area contributed by atoms with E-state index >= 15 is 0 Å². The fourth-order valence-electron chi connectivity index (χ4n) is 2.04. The van der Waals surface area contributed by atoms with E-state index in [0.717, 1.165) is 5.56 Å². The first-order chi connectivity index (χ1) is 10.2. The number of aliphatic hydroxyl groups excluding tert-OH is 1. The van der Waals surface area contributed by atoms with Crippen LogP contribution in [-0.4, -0.2) is 24.7 Å². The average molecular weight is 289 g/mol. The number of aliphatic hydroxyl groups is 1. The SMILES string of the molecule is COc1cccc(F)c1C(=O)NC(CO)c1ccccc1. The van der Waals surface area contributed by atoms with Gasteiger partial charge in [0.1, 0.15) is 17.1 Å². The Hall–Kier alpha value is -2.40. The number of hydrogen-bond acceptors (Lipinski definition) is 3. The lowest BCUT2D eigenvalue weighted by molar-refractivity contribution is 0.0908. The van der Waals surface area contributed by atoms with E-state index in [1.54, 1.807) is 24.3 Å². The molecule has 1 atom stereocenters. The lowest BCUT2D eigenvalue weighted by Crippen LogP contribution is -2.31. The van der Waals surface area contributed by atoms with Gasteiger partial charge in [-0.1, -0.05) is 36.4 Å². The maximum Gasteiger partial charge on any atom is 0.258 e. The molecule has 0 saturated heterocycles. The lowest BCUT2D eigenvalue weighted by atomic mass is 10.1. The van der Waals surface area contributed by atoms with E-state index in [0.29, 0.717) is 0 Å². The van der Waals surface area contributed by atoms with E-state index in [1.165, 1.54) is 25.3 Å². The second-order valence-electron chi connectivity index (χ2n) is 4.44. The summed E-state index contributed by atoms with van der Waals surface area (Å²) in [5, 5.41) is 12.0. The zero-order valence-electron chi connectivity index (χ0n) is 11.5. The molecule has 2 aromatic rings. The van der Waals surface area contributed by atoms with Crippen LogP contribution in [-0.2, 0) is 0 Å². The molecule has 5 heteroatoms. The Kier molecular flexibility index (Phi) is 4.90. The van der Waals surface area contributed by atoms with Gasteiger partial charge in [0.25, 0.3) is 5.91 Å². The minimum Gasteiger partial charge on any atom is -0.496 e. The Morgan fingerprint density at radius 1 is 1.24 bits per heavy atom. The number of hydrogen-bond donors (Lipinski definition) is 2. The van der Waals surface area contributed by atoms with E-state index in [1.807, 2.05) is 6.07 Å². The summed E-state index contributed by atoms with van der Waals surface area (Å²) in [7, 11) is 1.37. The van der Waals surface area contributed by atoms with Crippen molar-refractivity contribution in [3.63, 3.8) is 0 Å². The smallest absolute Gasteiger partial charge is 0.258 e. The number of amides is 1. The first kappa shape index (κ1) is 15.0. The standard InChI is InChI=1S/C16H16FNO3/c1-21-14-9-5-8-12(17)15(14)16(20)18-13(10-19)11-6-3-2-4-7-11/h2-9,13,19H,10H2,1H3,(H,18,20). The minimum atomic E-state index is -0.670. The molecule has 0 radical (unpaired) electrons. The molecule has 0 aromatic heterocycles. The Morgan fingerprint density at radius 3 is 2.57 bits per heavy atom. The molecule has 21 heavy (non-hydrogen) atoms. The molecule has 1 unspecified atom stereocenters. The van der Waals surface area contributed by atoms with Crippen LogP contribution in [0.2, 0.25) is 0 Å². The summed E-state index contributed by atoms with van der Waals surface area (Å²) in [5.74, 6) is -1.15. The number of carbonyl (C=O) groups excluding carboxylic acids is 1. The molecule has 0 heterocycles. The molecule has 0 aliphatic rings. The molecule has 0 aliphatic heterocycles. The van der Waals surface area contributed by atoms with Gasteiger partial charge >= 0.3 is 0 Å². The molecule has 2 N–H and O–H groups in total. The number of carbonyl (C=O) groups is 1. The van der Waals surface area contributed by atoms with E-state index in [9.17, 15) is 14.3 Å². The third kappa shape index (κ3) is 3.38. The molecular formula is C16H16FNO3. The van der Waals surface area contributed by atoms with Gasteiger partial charge in [-0.3, -0.25) is 4.79 Å². The van der Waals surface area contributed by atoms with Crippen molar-refractivity contribution in [3.05, 3.63) is 65.5 Å². The van der Waals surface area contributed by atoms with Crippen LogP contribution in [0.25, 0.3) is 0 Å². The van der Waals surface area contributed by atoms with E-state index < -0.39 is 17.8 Å². The Bertz CT molecular complexity index is 616. The van der Waals surface area contributed by atoms with E-state index in [2.05, 4.69) is 5.32 Å². The lowest BCUT2D eigenvalue weighted by Gasteiger charge is -2.18. The first-order valence-electron chi connectivity index (χ1n) is 6.46. The highest BCUT2D eigenvalue weighted by Gasteiger charge is 2.21. The van der Waals surface area contributed by atoms with Gasteiger partial charge in [-0.25, -0.2) is 4.39 Å². The van der Waals surface area contributed by atoms with E-state index in [-0.39, 0.29) is 17.9 Å². The van der Waals surface area contributed by atoms with Crippen LogP contribution >= 0.6 is 0 Å². The number of rotatable bonds is 5. The van der Waals surface area contributed by atoms with Crippen LogP contribution in [0.1, 0.15) is 22.0 Å². The zero-order chi connectivity index (χ0) is 15.2. The topological polar surface area (TPSA) is 58.6 Å². The second-order valence-corrected chi connectivity index (χ2v) is 4.44. The van der Waals surface area contributed by atoms with Crippen LogP contribution in [0.15, 0.2) is 48.5 Å². The van der Waals surface area contributed by atoms with Crippen molar-refractivity contribution in [2.45, 2.75) is 6.04 Å². The van der Waals surface area contributed by atoms with Gasteiger partial charge in [0.05, 0.1) is 19.8 Å². The molecular weight excluding hydrogens is 273 g/mol. The number of methoxy groups -OCH3 is 1. The number of halogens is 1. The molecule has 2 aromatic carbocycles. The molecule has 0 saturated carbocycles. The normalized spacial score (nSPS) is 11.8. The minimum absolute atomic E-state index is 0.150. The highest BCUT2D eigenvalue weighted by Crippen LogP contribution is 2.22. The van der Waals surface area contributed by atoms with Crippen LogP contribution in [0.5, 0.6) is 5.75 Å². The van der Waals surface area contributed by atoms with Crippen LogP contribution in [0.4, 0.5) is 4.39 Å². The van der Waals surface area contributed by atoms with Gasteiger partial charge in [-0.15, -0.1) is 0 Å². The molecule has 0 fully saturated rings. The van der Waals surface area contributed by atoms with Crippen molar-refractivity contribution in [3.8, 4) is 5.75 Å². The maximum absolute atomic E-state index is 13.8. The maximum atomic E-state index is 13.8. The quantitative estimate of drug-likeness (QED) is 0.888. The van der Waals surface area contributed by atoms with Gasteiger partial charge in [-0.2, -0.15) is 0 Å². The third-order valence-electron chi connectivity index (χ3n) is 3.11. The van der Waals surface area contributed by atoms with Gasteiger partial charge < -0.3 is 15.2 Å². The Morgan fingerprint density at radius 2 is 1.95 bits per heavy atom. The van der Waals surface area contributed by atoms with Crippen molar-refractivity contribution >= 4 is 5.91 Å². The van der Waals surface area contributed by atoms with Gasteiger partial charge in [-0.05, 0) is 17.7 Å². The van der Waals surface area contributed by atoms with Crippen molar-refractivity contribution in [1.29, 1.82) is 0 Å². The van der Waals surface area contributed by atoms with Gasteiger partial charge in [0.15, 0.2) is 0 Å². The molecule has 2 rings (SSSR count). The molecule has 110 valence electrons. The van der Waals surface area contributed by atoms with Crippen molar-refractivity contribution in [1.82, 2.24) is 5.32 Å². The first-order valence-corrected chi connectivity index (χ1v) is 6.46. The summed E-state index contributed by atoms with van der Waals surface area (Å²) in [6, 6.07) is 12.5. The van der Waals surface area contributed by atoms with Crippen molar-refractivity contribution in [2.75, 3.05) is 13.7 Å². The number of nitrogens with one attached hydrogen (secondary N) is 1. The van der Waals surface area contributed by atoms with Gasteiger partial charge in [0.2, 0.25) is 0 Å². The fraction of sp³-hybridized carbons (Fsp3) is 0.188. The largest absolute Gasteiger partial charge is 0.496 e. The molecule has 0 bridgehead atoms. The molecule has 1 amide bonds. The summed E-state index contributed by atoms with van der Waals surface area (Å²) in [5.41, 5.74) is 0.568. The summed E-state index contributed by atoms with van der Waals surface area (Å²) in [4.78, 5) is 12.2. The van der Waals surface area contributed by atoms with Crippen molar-refractivity contribution < 1.29 is 19.0 Å². The molecule has 0 aliphatic carbocycles. The molecule has 4 nitrogen and oxygen atoms in total. The zero-order valence-corrected chi connectivity index (χ0v) is 11.5. The van der Waals surface area contributed by atoms with E-state index in [4.69, 9.17) is 4.74 Å². The van der Waals surface area contributed by atoms with Crippen LogP contribution < -0.4 is 10.1 Å². The Balaban J connectivity index is 2.25. The van der Waals surface area contributed by atoms with Crippen molar-refractivity contribution in [2.24, 2.45) is 0 Å². The average Bonchev–Trinajstić information content (AvgIpc) is 2.52. The third-order valence-corrected chi connectivity index (χ3v) is 3.11. The predicted molar refractivity (Wildman–Crippen MR) is 76.7 cm³/mol. The second kappa shape index (κ2) is 6.85. The van der Waals surface area contributed by atoms with Crippen LogP contribution in [0.3, 0.4) is 0 Å². The highest BCUT2D eigenvalue weighted by molar-refractivity contribution is 5.97. The summed E-state index contributed by atoms with van der Waals surface area (Å²) >= 11 is 0. The monoisotopic (exact) mass is 289 g/mol. The summed E-state index contributed by atoms with van der Waals surface area (Å²) < 4.78 is 18.8. The highest BCUT2D eigenvalue weighted by atomic mass is 19.1. The fourth-order valence-corrected chi connectivity index (χ4v) is 2.04.